The van der Waals surface area contributed by atoms with Crippen LogP contribution in [0.5, 0.6) is 0 Å². The van der Waals surface area contributed by atoms with Crippen LogP contribution in [0.2, 0.25) is 5.02 Å². The van der Waals surface area contributed by atoms with E-state index in [1.54, 1.807) is 24.3 Å². The Morgan fingerprint density at radius 2 is 2.05 bits per heavy atom. The van der Waals surface area contributed by atoms with Gasteiger partial charge in [-0.1, -0.05) is 11.6 Å². The summed E-state index contributed by atoms with van der Waals surface area (Å²) in [5.41, 5.74) is 0.459. The van der Waals surface area contributed by atoms with Crippen molar-refractivity contribution in [1.29, 1.82) is 0 Å². The lowest BCUT2D eigenvalue weighted by Gasteiger charge is -2.08. The quantitative estimate of drug-likeness (QED) is 0.649. The molecule has 2 N–H and O–H groups in total. The number of nitrogens with one attached hydrogen (secondary N) is 2. The van der Waals surface area contributed by atoms with Crippen LogP contribution in [0.4, 0.5) is 23.1 Å². The third-order valence-corrected chi connectivity index (χ3v) is 2.66. The average molecular weight is 294 g/mol. The van der Waals surface area contributed by atoms with E-state index in [0.717, 1.165) is 0 Å². The molecule has 1 aromatic heterocycles. The van der Waals surface area contributed by atoms with E-state index in [0.29, 0.717) is 23.2 Å². The topological polar surface area (TPSA) is 93.0 Å². The van der Waals surface area contributed by atoms with E-state index in [1.807, 2.05) is 6.92 Å². The van der Waals surface area contributed by atoms with Crippen LogP contribution in [0.3, 0.4) is 0 Å². The predicted molar refractivity (Wildman–Crippen MR) is 77.6 cm³/mol. The molecule has 2 rings (SSSR count). The van der Waals surface area contributed by atoms with Gasteiger partial charge in [-0.05, 0) is 31.2 Å². The Kier molecular flexibility index (Phi) is 4.31. The van der Waals surface area contributed by atoms with Crippen LogP contribution >= 0.6 is 11.6 Å². The first-order valence-corrected chi connectivity index (χ1v) is 6.26. The third-order valence-electron chi connectivity index (χ3n) is 2.41. The van der Waals surface area contributed by atoms with Crippen LogP contribution in [-0.4, -0.2) is 21.4 Å². The molecule has 104 valence electrons. The molecular weight excluding hydrogens is 282 g/mol. The molecule has 0 aliphatic rings. The maximum Gasteiger partial charge on any atom is 0.329 e. The zero-order valence-corrected chi connectivity index (χ0v) is 11.4. The SMILES string of the molecule is CCNc1ncc([N+](=O)[O-])c(Nc2ccc(Cl)cc2)n1. The van der Waals surface area contributed by atoms with Crippen LogP contribution < -0.4 is 10.6 Å². The molecular formula is C12H12ClN5O2. The Morgan fingerprint density at radius 3 is 2.65 bits per heavy atom. The van der Waals surface area contributed by atoms with Crippen molar-refractivity contribution in [2.24, 2.45) is 0 Å². The van der Waals surface area contributed by atoms with E-state index in [-0.39, 0.29) is 11.5 Å². The number of aromatic nitrogens is 2. The van der Waals surface area contributed by atoms with Gasteiger partial charge in [-0.2, -0.15) is 4.98 Å². The molecule has 0 radical (unpaired) electrons. The second-order valence-electron chi connectivity index (χ2n) is 3.85. The van der Waals surface area contributed by atoms with Crippen molar-refractivity contribution in [2.45, 2.75) is 6.92 Å². The molecule has 0 aliphatic carbocycles. The summed E-state index contributed by atoms with van der Waals surface area (Å²) in [5, 5.41) is 17.4. The number of hydrogen-bond acceptors (Lipinski definition) is 6. The van der Waals surface area contributed by atoms with Crippen molar-refractivity contribution in [2.75, 3.05) is 17.2 Å². The molecule has 0 amide bonds. The highest BCUT2D eigenvalue weighted by atomic mass is 35.5. The zero-order valence-electron chi connectivity index (χ0n) is 10.6. The number of rotatable bonds is 5. The van der Waals surface area contributed by atoms with Gasteiger partial charge in [-0.25, -0.2) is 4.98 Å². The van der Waals surface area contributed by atoms with Crippen molar-refractivity contribution in [3.8, 4) is 0 Å². The van der Waals surface area contributed by atoms with Crippen molar-refractivity contribution in [1.82, 2.24) is 9.97 Å². The molecule has 2 aromatic rings. The zero-order chi connectivity index (χ0) is 14.5. The van der Waals surface area contributed by atoms with Crippen molar-refractivity contribution >= 4 is 34.7 Å². The van der Waals surface area contributed by atoms with Crippen LogP contribution in [0.1, 0.15) is 6.92 Å². The summed E-state index contributed by atoms with van der Waals surface area (Å²) in [6.07, 6.45) is 1.17. The number of nitro groups is 1. The van der Waals surface area contributed by atoms with Crippen molar-refractivity contribution in [3.63, 3.8) is 0 Å². The number of anilines is 3. The summed E-state index contributed by atoms with van der Waals surface area (Å²) in [4.78, 5) is 18.4. The summed E-state index contributed by atoms with van der Waals surface area (Å²) >= 11 is 5.79. The van der Waals surface area contributed by atoms with E-state index in [2.05, 4.69) is 20.6 Å². The Morgan fingerprint density at radius 1 is 1.35 bits per heavy atom. The van der Waals surface area contributed by atoms with Crippen LogP contribution in [0.15, 0.2) is 30.5 Å². The van der Waals surface area contributed by atoms with Crippen LogP contribution in [-0.2, 0) is 0 Å². The van der Waals surface area contributed by atoms with Gasteiger partial charge in [0.05, 0.1) is 4.92 Å². The molecule has 1 aromatic carbocycles. The summed E-state index contributed by atoms with van der Waals surface area (Å²) < 4.78 is 0. The molecule has 1 heterocycles. The normalized spacial score (nSPS) is 10.1. The minimum Gasteiger partial charge on any atom is -0.354 e. The van der Waals surface area contributed by atoms with E-state index >= 15 is 0 Å². The predicted octanol–water partition coefficient (Wildman–Crippen LogP) is 3.21. The first-order chi connectivity index (χ1) is 9.60. The van der Waals surface area contributed by atoms with Crippen LogP contribution in [0.25, 0.3) is 0 Å². The molecule has 0 spiro atoms. The molecule has 0 aliphatic heterocycles. The Hall–Kier alpha value is -2.41. The number of nitrogens with zero attached hydrogens (tertiary/aromatic N) is 3. The Labute approximate surface area is 120 Å². The largest absolute Gasteiger partial charge is 0.354 e. The molecule has 0 atom stereocenters. The summed E-state index contributed by atoms with van der Waals surface area (Å²) in [7, 11) is 0. The van der Waals surface area contributed by atoms with Crippen molar-refractivity contribution in [3.05, 3.63) is 45.6 Å². The van der Waals surface area contributed by atoms with E-state index in [4.69, 9.17) is 11.6 Å². The molecule has 0 saturated heterocycles. The Balaban J connectivity index is 2.34. The minimum atomic E-state index is -0.534. The first kappa shape index (κ1) is 14.0. The van der Waals surface area contributed by atoms with E-state index < -0.39 is 4.92 Å². The van der Waals surface area contributed by atoms with Gasteiger partial charge in [0.2, 0.25) is 11.8 Å². The fourth-order valence-corrected chi connectivity index (χ4v) is 1.64. The van der Waals surface area contributed by atoms with Gasteiger partial charge in [-0.3, -0.25) is 10.1 Å². The van der Waals surface area contributed by atoms with Gasteiger partial charge in [0.15, 0.2) is 0 Å². The molecule has 0 bridgehead atoms. The Bertz CT molecular complexity index is 618. The second kappa shape index (κ2) is 6.16. The molecule has 0 saturated carbocycles. The highest BCUT2D eigenvalue weighted by Crippen LogP contribution is 2.26. The molecule has 20 heavy (non-hydrogen) atoms. The summed E-state index contributed by atoms with van der Waals surface area (Å²) in [5.74, 6) is 0.456. The standard InChI is InChI=1S/C12H12ClN5O2/c1-2-14-12-15-7-10(18(19)20)11(17-12)16-9-5-3-8(13)4-6-9/h3-7H,2H2,1H3,(H2,14,15,16,17). The fraction of sp³-hybridized carbons (Fsp3) is 0.167. The van der Waals surface area contributed by atoms with Gasteiger partial charge in [0.25, 0.3) is 0 Å². The third kappa shape index (κ3) is 3.33. The fourth-order valence-electron chi connectivity index (χ4n) is 1.51. The second-order valence-corrected chi connectivity index (χ2v) is 4.28. The monoisotopic (exact) mass is 293 g/mol. The van der Waals surface area contributed by atoms with Gasteiger partial charge in [-0.15, -0.1) is 0 Å². The molecule has 0 unspecified atom stereocenters. The van der Waals surface area contributed by atoms with Crippen molar-refractivity contribution < 1.29 is 4.92 Å². The smallest absolute Gasteiger partial charge is 0.329 e. The molecule has 0 fully saturated rings. The lowest BCUT2D eigenvalue weighted by molar-refractivity contribution is -0.384. The van der Waals surface area contributed by atoms with Gasteiger partial charge < -0.3 is 10.6 Å². The highest BCUT2D eigenvalue weighted by Gasteiger charge is 2.17. The van der Waals surface area contributed by atoms with E-state index in [1.165, 1.54) is 6.20 Å². The number of halogens is 1. The van der Waals surface area contributed by atoms with E-state index in [9.17, 15) is 10.1 Å². The first-order valence-electron chi connectivity index (χ1n) is 5.88. The molecule has 8 heteroatoms. The minimum absolute atomic E-state index is 0.128. The lowest BCUT2D eigenvalue weighted by Crippen LogP contribution is -2.06. The molecule has 7 nitrogen and oxygen atoms in total. The maximum atomic E-state index is 11.0. The lowest BCUT2D eigenvalue weighted by atomic mass is 10.3. The summed E-state index contributed by atoms with van der Waals surface area (Å²) in [6.45, 7) is 2.51. The van der Waals surface area contributed by atoms with Gasteiger partial charge >= 0.3 is 5.69 Å². The number of benzene rings is 1. The average Bonchev–Trinajstić information content (AvgIpc) is 2.42. The van der Waals surface area contributed by atoms with Crippen LogP contribution in [0, 0.1) is 10.1 Å². The van der Waals surface area contributed by atoms with Gasteiger partial charge in [0.1, 0.15) is 6.20 Å². The van der Waals surface area contributed by atoms with Gasteiger partial charge in [0, 0.05) is 17.3 Å². The summed E-state index contributed by atoms with van der Waals surface area (Å²) in [6, 6.07) is 6.78. The maximum absolute atomic E-state index is 11.0. The highest BCUT2D eigenvalue weighted by molar-refractivity contribution is 6.30. The number of hydrogen-bond donors (Lipinski definition) is 2.